The molecular weight excluding hydrogens is 390 g/mol. The van der Waals surface area contributed by atoms with Crippen LogP contribution in [0.2, 0.25) is 0 Å². The Morgan fingerprint density at radius 3 is 2.26 bits per heavy atom. The first-order valence-corrected chi connectivity index (χ1v) is 11.1. The van der Waals surface area contributed by atoms with E-state index < -0.39 is 0 Å². The Kier molecular flexibility index (Phi) is 8.03. The Morgan fingerprint density at radius 1 is 1.03 bits per heavy atom. The zero-order chi connectivity index (χ0) is 22.2. The molecule has 0 aromatic heterocycles. The molecule has 0 saturated carbocycles. The second-order valence-electron chi connectivity index (χ2n) is 8.27. The number of likely N-dealkylation sites (N-methyl/N-ethyl adjacent to an activating group) is 2. The molecule has 1 atom stereocenters. The highest BCUT2D eigenvalue weighted by Crippen LogP contribution is 2.17. The zero-order valence-electron chi connectivity index (χ0n) is 18.8. The van der Waals surface area contributed by atoms with Crippen LogP contribution in [0.5, 0.6) is 0 Å². The summed E-state index contributed by atoms with van der Waals surface area (Å²) < 4.78 is 0. The first-order valence-electron chi connectivity index (χ1n) is 11.1. The maximum absolute atomic E-state index is 12.5. The predicted octanol–water partition coefficient (Wildman–Crippen LogP) is -0.576. The SMILES string of the molecule is CC[NH+]1CCN(c2ccc(NC(=O)C[NH+](C)Cc3ccc(C(=O)NC)cc3)cc2)CC1. The Balaban J connectivity index is 1.46. The third-order valence-electron chi connectivity index (χ3n) is 5.90. The average molecular weight is 426 g/mol. The van der Waals surface area contributed by atoms with Gasteiger partial charge in [-0.3, -0.25) is 9.59 Å². The highest BCUT2D eigenvalue weighted by atomic mass is 16.2. The fraction of sp³-hybridized carbons (Fsp3) is 0.417. The number of nitrogens with one attached hydrogen (secondary N) is 4. The molecule has 2 aromatic carbocycles. The molecule has 1 fully saturated rings. The Morgan fingerprint density at radius 2 is 1.68 bits per heavy atom. The molecule has 0 aliphatic carbocycles. The summed E-state index contributed by atoms with van der Waals surface area (Å²) in [4.78, 5) is 29.2. The third-order valence-corrected chi connectivity index (χ3v) is 5.90. The summed E-state index contributed by atoms with van der Waals surface area (Å²) in [6.07, 6.45) is 0. The normalized spacial score (nSPS) is 15.4. The lowest BCUT2D eigenvalue weighted by molar-refractivity contribution is -0.898. The van der Waals surface area contributed by atoms with E-state index >= 15 is 0 Å². The van der Waals surface area contributed by atoms with E-state index in [1.54, 1.807) is 11.9 Å². The second-order valence-corrected chi connectivity index (χ2v) is 8.27. The smallest absolute Gasteiger partial charge is 0.279 e. The number of rotatable bonds is 8. The molecule has 1 saturated heterocycles. The number of anilines is 2. The number of amides is 2. The number of carbonyl (C=O) groups is 2. The van der Waals surface area contributed by atoms with E-state index in [2.05, 4.69) is 34.6 Å². The average Bonchev–Trinajstić information content (AvgIpc) is 2.79. The summed E-state index contributed by atoms with van der Waals surface area (Å²) in [6.45, 7) is 9.03. The quantitative estimate of drug-likeness (QED) is 0.458. The topological polar surface area (TPSA) is 70.3 Å². The van der Waals surface area contributed by atoms with E-state index in [0.29, 0.717) is 18.7 Å². The van der Waals surface area contributed by atoms with Gasteiger partial charge in [0.05, 0.1) is 39.8 Å². The van der Waals surface area contributed by atoms with Crippen LogP contribution >= 0.6 is 0 Å². The molecule has 0 spiro atoms. The van der Waals surface area contributed by atoms with E-state index in [9.17, 15) is 9.59 Å². The molecule has 0 radical (unpaired) electrons. The van der Waals surface area contributed by atoms with Gasteiger partial charge in [-0.15, -0.1) is 0 Å². The lowest BCUT2D eigenvalue weighted by Crippen LogP contribution is -3.14. The van der Waals surface area contributed by atoms with E-state index in [0.717, 1.165) is 29.2 Å². The molecule has 4 N–H and O–H groups in total. The largest absolute Gasteiger partial charge is 0.360 e. The van der Waals surface area contributed by atoms with E-state index in [4.69, 9.17) is 0 Å². The third kappa shape index (κ3) is 6.54. The fourth-order valence-electron chi connectivity index (χ4n) is 4.00. The highest BCUT2D eigenvalue weighted by molar-refractivity contribution is 5.94. The van der Waals surface area contributed by atoms with E-state index in [-0.39, 0.29) is 11.8 Å². The molecule has 31 heavy (non-hydrogen) atoms. The predicted molar refractivity (Wildman–Crippen MR) is 124 cm³/mol. The lowest BCUT2D eigenvalue weighted by atomic mass is 10.1. The standard InChI is InChI=1S/C24H33N5O2/c1-4-28-13-15-29(16-14-28)22-11-9-21(10-12-22)26-23(30)18-27(3)17-19-5-7-20(8-6-19)24(31)25-2/h5-12H,4,13-18H2,1-3H3,(H,25,31)(H,26,30)/p+2. The van der Waals surface area contributed by atoms with Gasteiger partial charge in [0.2, 0.25) is 0 Å². The lowest BCUT2D eigenvalue weighted by Gasteiger charge is -2.33. The summed E-state index contributed by atoms with van der Waals surface area (Å²) in [5.41, 5.74) is 3.77. The van der Waals surface area contributed by atoms with Gasteiger partial charge in [-0.05, 0) is 43.3 Å². The van der Waals surface area contributed by atoms with E-state index in [1.807, 2.05) is 43.4 Å². The first-order chi connectivity index (χ1) is 15.0. The van der Waals surface area contributed by atoms with Crippen LogP contribution in [0.3, 0.4) is 0 Å². The zero-order valence-corrected chi connectivity index (χ0v) is 18.8. The summed E-state index contributed by atoms with van der Waals surface area (Å²) in [5, 5.41) is 5.62. The maximum Gasteiger partial charge on any atom is 0.279 e. The van der Waals surface area contributed by atoms with Gasteiger partial charge in [0.1, 0.15) is 6.54 Å². The molecule has 7 heteroatoms. The van der Waals surface area contributed by atoms with Crippen molar-refractivity contribution in [3.63, 3.8) is 0 Å². The van der Waals surface area contributed by atoms with Gasteiger partial charge in [-0.1, -0.05) is 12.1 Å². The summed E-state index contributed by atoms with van der Waals surface area (Å²) >= 11 is 0. The fourth-order valence-corrected chi connectivity index (χ4v) is 4.00. The maximum atomic E-state index is 12.5. The first kappa shape index (κ1) is 22.8. The molecule has 2 aromatic rings. The minimum atomic E-state index is -0.0954. The Bertz CT molecular complexity index is 859. The van der Waals surface area contributed by atoms with E-state index in [1.165, 1.54) is 25.3 Å². The van der Waals surface area contributed by atoms with Crippen LogP contribution in [0.4, 0.5) is 11.4 Å². The van der Waals surface area contributed by atoms with Gasteiger partial charge >= 0.3 is 0 Å². The van der Waals surface area contributed by atoms with Crippen molar-refractivity contribution >= 4 is 23.2 Å². The van der Waals surface area contributed by atoms with Crippen LogP contribution in [-0.2, 0) is 11.3 Å². The highest BCUT2D eigenvalue weighted by Gasteiger charge is 2.18. The minimum Gasteiger partial charge on any atom is -0.360 e. The molecule has 1 unspecified atom stereocenters. The van der Waals surface area contributed by atoms with Crippen LogP contribution in [0.15, 0.2) is 48.5 Å². The van der Waals surface area contributed by atoms with Crippen LogP contribution < -0.4 is 25.3 Å². The monoisotopic (exact) mass is 425 g/mol. The van der Waals surface area contributed by atoms with Crippen molar-refractivity contribution in [1.82, 2.24) is 5.32 Å². The molecular formula is C24H35N5O2+2. The number of hydrogen-bond donors (Lipinski definition) is 4. The number of piperazine rings is 1. The van der Waals surface area contributed by atoms with Crippen molar-refractivity contribution < 1.29 is 19.4 Å². The van der Waals surface area contributed by atoms with Crippen molar-refractivity contribution in [1.29, 1.82) is 0 Å². The van der Waals surface area contributed by atoms with Crippen LogP contribution in [-0.4, -0.2) is 65.2 Å². The van der Waals surface area contributed by atoms with Gasteiger partial charge < -0.3 is 25.3 Å². The Hall–Kier alpha value is -2.90. The van der Waals surface area contributed by atoms with Gasteiger partial charge in [0.15, 0.2) is 6.54 Å². The van der Waals surface area contributed by atoms with Gasteiger partial charge in [0.25, 0.3) is 11.8 Å². The molecule has 0 bridgehead atoms. The number of benzene rings is 2. The number of hydrogen-bond acceptors (Lipinski definition) is 3. The molecule has 1 heterocycles. The van der Waals surface area contributed by atoms with Gasteiger partial charge in [0, 0.05) is 29.5 Å². The van der Waals surface area contributed by atoms with Gasteiger partial charge in [-0.25, -0.2) is 0 Å². The Labute approximate surface area is 185 Å². The van der Waals surface area contributed by atoms with Gasteiger partial charge in [-0.2, -0.15) is 0 Å². The van der Waals surface area contributed by atoms with Crippen molar-refractivity contribution in [3.05, 3.63) is 59.7 Å². The number of nitrogens with zero attached hydrogens (tertiary/aromatic N) is 1. The molecule has 1 aliphatic rings. The van der Waals surface area contributed by atoms with Crippen molar-refractivity contribution in [2.24, 2.45) is 0 Å². The molecule has 1 aliphatic heterocycles. The summed E-state index contributed by atoms with van der Waals surface area (Å²) in [5.74, 6) is -0.102. The van der Waals surface area contributed by atoms with Crippen molar-refractivity contribution in [3.8, 4) is 0 Å². The van der Waals surface area contributed by atoms with Crippen LogP contribution in [0.25, 0.3) is 0 Å². The van der Waals surface area contributed by atoms with Crippen LogP contribution in [0.1, 0.15) is 22.8 Å². The molecule has 3 rings (SSSR count). The summed E-state index contributed by atoms with van der Waals surface area (Å²) in [7, 11) is 3.61. The van der Waals surface area contributed by atoms with Crippen molar-refractivity contribution in [2.75, 3.05) is 63.6 Å². The number of quaternary nitrogens is 2. The molecule has 7 nitrogen and oxygen atoms in total. The van der Waals surface area contributed by atoms with Crippen LogP contribution in [0, 0.1) is 0 Å². The molecule has 166 valence electrons. The minimum absolute atomic E-state index is 0.00705. The van der Waals surface area contributed by atoms with Crippen molar-refractivity contribution in [2.45, 2.75) is 13.5 Å². The number of carbonyl (C=O) groups excluding carboxylic acids is 2. The second kappa shape index (κ2) is 10.9. The molecule has 2 amide bonds. The summed E-state index contributed by atoms with van der Waals surface area (Å²) in [6, 6.07) is 15.7.